The van der Waals surface area contributed by atoms with Crippen LogP contribution in [0.4, 0.5) is 11.9 Å². The van der Waals surface area contributed by atoms with Gasteiger partial charge in [0.05, 0.1) is 6.54 Å². The fraction of sp³-hybridized carbons (Fsp3) is 0.267. The van der Waals surface area contributed by atoms with E-state index < -0.39 is 5.97 Å². The Kier molecular flexibility index (Phi) is 4.59. The number of nitrogens with two attached hydrogens (primary N) is 1. The molecule has 0 aliphatic carbocycles. The molecule has 3 aromatic heterocycles. The van der Waals surface area contributed by atoms with Crippen LogP contribution in [0.5, 0.6) is 0 Å². The van der Waals surface area contributed by atoms with Crippen LogP contribution in [0.15, 0.2) is 35.0 Å². The van der Waals surface area contributed by atoms with Crippen molar-refractivity contribution in [1.29, 1.82) is 0 Å². The summed E-state index contributed by atoms with van der Waals surface area (Å²) >= 11 is 0. The molecule has 0 amide bonds. The lowest BCUT2D eigenvalue weighted by Crippen LogP contribution is -2.17. The lowest BCUT2D eigenvalue weighted by Gasteiger charge is -2.11. The fourth-order valence-corrected chi connectivity index (χ4v) is 2.02. The highest BCUT2D eigenvalue weighted by molar-refractivity contribution is 5.86. The van der Waals surface area contributed by atoms with Crippen LogP contribution >= 0.6 is 0 Å². The third-order valence-corrected chi connectivity index (χ3v) is 3.16. The predicted molar refractivity (Wildman–Crippen MR) is 87.7 cm³/mol. The molecule has 0 aliphatic rings. The maximum atomic E-state index is 12.1. The van der Waals surface area contributed by atoms with Gasteiger partial charge in [0.25, 0.3) is 0 Å². The van der Waals surface area contributed by atoms with Crippen LogP contribution in [0.2, 0.25) is 0 Å². The molecule has 3 heterocycles. The molecular formula is C15H17N7O3. The maximum Gasteiger partial charge on any atom is 0.374 e. The van der Waals surface area contributed by atoms with Crippen LogP contribution in [-0.2, 0) is 17.9 Å². The Morgan fingerprint density at radius 3 is 2.88 bits per heavy atom. The Morgan fingerprint density at radius 2 is 2.16 bits per heavy atom. The zero-order valence-electron chi connectivity index (χ0n) is 13.8. The molecular weight excluding hydrogens is 326 g/mol. The van der Waals surface area contributed by atoms with E-state index in [0.717, 1.165) is 0 Å². The Morgan fingerprint density at radius 1 is 1.32 bits per heavy atom. The smallest absolute Gasteiger partial charge is 0.374 e. The highest BCUT2D eigenvalue weighted by atomic mass is 16.5. The molecule has 0 unspecified atom stereocenters. The van der Waals surface area contributed by atoms with Crippen molar-refractivity contribution in [1.82, 2.24) is 24.7 Å². The van der Waals surface area contributed by atoms with Crippen LogP contribution in [-0.4, -0.2) is 44.8 Å². The maximum absolute atomic E-state index is 12.1. The number of nitrogen functional groups attached to an aromatic ring is 1. The first-order valence-corrected chi connectivity index (χ1v) is 7.42. The first-order valence-electron chi connectivity index (χ1n) is 7.42. The number of carbonyl (C=O) groups excluding carboxylic acids is 1. The molecule has 130 valence electrons. The summed E-state index contributed by atoms with van der Waals surface area (Å²) in [4.78, 5) is 25.8. The van der Waals surface area contributed by atoms with Crippen LogP contribution in [0.3, 0.4) is 0 Å². The van der Waals surface area contributed by atoms with Crippen LogP contribution in [0, 0.1) is 0 Å². The second-order valence-electron chi connectivity index (χ2n) is 5.35. The van der Waals surface area contributed by atoms with E-state index in [1.54, 1.807) is 54.3 Å². The summed E-state index contributed by atoms with van der Waals surface area (Å²) in [5, 5.41) is 4.07. The summed E-state index contributed by atoms with van der Waals surface area (Å²) in [6.45, 7) is 0.290. The lowest BCUT2D eigenvalue weighted by atomic mass is 10.4. The van der Waals surface area contributed by atoms with Crippen molar-refractivity contribution in [2.24, 2.45) is 0 Å². The molecule has 0 saturated heterocycles. The molecule has 0 saturated carbocycles. The average molecular weight is 343 g/mol. The standard InChI is InChI=1S/C15H17N7O3/c1-21(2)15-19-12(18-14(16)20-15)9-24-13(23)11-5-4-10(25-11)8-22-7-3-6-17-22/h3-7H,8-9H2,1-2H3,(H2,16,18,19,20). The van der Waals surface area contributed by atoms with E-state index in [4.69, 9.17) is 14.9 Å². The molecule has 10 nitrogen and oxygen atoms in total. The van der Waals surface area contributed by atoms with Crippen molar-refractivity contribution >= 4 is 17.9 Å². The van der Waals surface area contributed by atoms with Gasteiger partial charge in [-0.25, -0.2) is 4.79 Å². The zero-order valence-corrected chi connectivity index (χ0v) is 13.8. The summed E-state index contributed by atoms with van der Waals surface area (Å²) in [5.74, 6) is 0.777. The summed E-state index contributed by atoms with van der Waals surface area (Å²) in [6.07, 6.45) is 3.47. The minimum absolute atomic E-state index is 0.0595. The number of rotatable bonds is 6. The number of nitrogens with zero attached hydrogens (tertiary/aromatic N) is 6. The minimum Gasteiger partial charge on any atom is -0.452 e. The number of esters is 1. The van der Waals surface area contributed by atoms with Gasteiger partial charge in [0.2, 0.25) is 17.7 Å². The summed E-state index contributed by atoms with van der Waals surface area (Å²) < 4.78 is 12.3. The van der Waals surface area contributed by atoms with Crippen molar-refractivity contribution in [2.75, 3.05) is 24.7 Å². The van der Waals surface area contributed by atoms with Gasteiger partial charge in [0, 0.05) is 26.5 Å². The monoisotopic (exact) mass is 343 g/mol. The highest BCUT2D eigenvalue weighted by Gasteiger charge is 2.15. The van der Waals surface area contributed by atoms with Crippen molar-refractivity contribution in [2.45, 2.75) is 13.2 Å². The minimum atomic E-state index is -0.614. The van der Waals surface area contributed by atoms with E-state index in [0.29, 0.717) is 18.3 Å². The topological polar surface area (TPSA) is 125 Å². The molecule has 0 aliphatic heterocycles. The third-order valence-electron chi connectivity index (χ3n) is 3.16. The Hall–Kier alpha value is -3.43. The van der Waals surface area contributed by atoms with Crippen LogP contribution < -0.4 is 10.6 Å². The van der Waals surface area contributed by atoms with Crippen molar-refractivity contribution < 1.29 is 13.9 Å². The van der Waals surface area contributed by atoms with Crippen molar-refractivity contribution in [3.8, 4) is 0 Å². The highest BCUT2D eigenvalue weighted by Crippen LogP contribution is 2.12. The number of hydrogen-bond acceptors (Lipinski definition) is 9. The number of carbonyl (C=O) groups is 1. The van der Waals surface area contributed by atoms with E-state index in [1.807, 2.05) is 0 Å². The van der Waals surface area contributed by atoms with E-state index >= 15 is 0 Å². The number of furan rings is 1. The molecule has 0 fully saturated rings. The van der Waals surface area contributed by atoms with Gasteiger partial charge < -0.3 is 19.8 Å². The molecule has 25 heavy (non-hydrogen) atoms. The van der Waals surface area contributed by atoms with E-state index in [-0.39, 0.29) is 24.1 Å². The zero-order chi connectivity index (χ0) is 17.8. The van der Waals surface area contributed by atoms with Gasteiger partial charge in [-0.2, -0.15) is 20.1 Å². The van der Waals surface area contributed by atoms with Crippen molar-refractivity contribution in [3.63, 3.8) is 0 Å². The van der Waals surface area contributed by atoms with E-state index in [2.05, 4.69) is 20.1 Å². The summed E-state index contributed by atoms with van der Waals surface area (Å²) in [6, 6.07) is 5.05. The van der Waals surface area contributed by atoms with Crippen LogP contribution in [0.1, 0.15) is 22.1 Å². The quantitative estimate of drug-likeness (QED) is 0.644. The van der Waals surface area contributed by atoms with Gasteiger partial charge in [-0.3, -0.25) is 4.68 Å². The Bertz CT molecular complexity index is 858. The normalized spacial score (nSPS) is 10.6. The first kappa shape index (κ1) is 16.4. The molecule has 3 rings (SSSR count). The molecule has 0 radical (unpaired) electrons. The number of ether oxygens (including phenoxy) is 1. The van der Waals surface area contributed by atoms with Gasteiger partial charge in [-0.15, -0.1) is 0 Å². The molecule has 0 bridgehead atoms. The second kappa shape index (κ2) is 6.99. The van der Waals surface area contributed by atoms with E-state index in [9.17, 15) is 4.79 Å². The van der Waals surface area contributed by atoms with Gasteiger partial charge >= 0.3 is 5.97 Å². The van der Waals surface area contributed by atoms with Crippen LogP contribution in [0.25, 0.3) is 0 Å². The average Bonchev–Trinajstić information content (AvgIpc) is 3.24. The Balaban J connectivity index is 1.62. The van der Waals surface area contributed by atoms with Gasteiger partial charge in [-0.1, -0.05) is 0 Å². The SMILES string of the molecule is CN(C)c1nc(N)nc(COC(=O)c2ccc(Cn3cccn3)o2)n1. The fourth-order valence-electron chi connectivity index (χ4n) is 2.02. The molecule has 0 spiro atoms. The second-order valence-corrected chi connectivity index (χ2v) is 5.35. The molecule has 0 atom stereocenters. The predicted octanol–water partition coefficient (Wildman–Crippen LogP) is 0.715. The largest absolute Gasteiger partial charge is 0.452 e. The van der Waals surface area contributed by atoms with Crippen molar-refractivity contribution in [3.05, 3.63) is 47.9 Å². The van der Waals surface area contributed by atoms with Gasteiger partial charge in [-0.05, 0) is 18.2 Å². The van der Waals surface area contributed by atoms with Gasteiger partial charge in [0.15, 0.2) is 12.4 Å². The number of aromatic nitrogens is 5. The molecule has 2 N–H and O–H groups in total. The lowest BCUT2D eigenvalue weighted by molar-refractivity contribution is 0.0423. The molecule has 0 aromatic carbocycles. The number of anilines is 2. The van der Waals surface area contributed by atoms with E-state index in [1.165, 1.54) is 0 Å². The molecule has 3 aromatic rings. The third kappa shape index (κ3) is 4.10. The first-order chi connectivity index (χ1) is 12.0. The molecule has 10 heteroatoms. The summed E-state index contributed by atoms with van der Waals surface area (Å²) in [7, 11) is 3.54. The Labute approximate surface area is 143 Å². The summed E-state index contributed by atoms with van der Waals surface area (Å²) in [5.41, 5.74) is 5.63. The van der Waals surface area contributed by atoms with Gasteiger partial charge in [0.1, 0.15) is 5.76 Å². The number of hydrogen-bond donors (Lipinski definition) is 1.